The minimum absolute atomic E-state index is 0.0208. The summed E-state index contributed by atoms with van der Waals surface area (Å²) in [5, 5.41) is 12.8. The molecule has 1 aromatic carbocycles. The molecule has 0 unspecified atom stereocenters. The normalized spacial score (nSPS) is 16.3. The first-order valence-corrected chi connectivity index (χ1v) is 8.60. The highest BCUT2D eigenvalue weighted by atomic mass is 16.6. The van der Waals surface area contributed by atoms with Crippen LogP contribution >= 0.6 is 0 Å². The maximum atomic E-state index is 12.8. The molecule has 0 radical (unpaired) electrons. The SMILES string of the molecule is CCOC(=O)c1c(COC(=O)[C@@H]2CCCO2)nc2ccc(OC)cc2[n+]1[O-]. The molecule has 0 bridgehead atoms. The van der Waals surface area contributed by atoms with Gasteiger partial charge in [-0.05, 0) is 31.9 Å². The molecule has 0 N–H and O–H groups in total. The van der Waals surface area contributed by atoms with Crippen molar-refractivity contribution >= 4 is 23.0 Å². The van der Waals surface area contributed by atoms with Gasteiger partial charge in [0, 0.05) is 6.61 Å². The van der Waals surface area contributed by atoms with E-state index in [4.69, 9.17) is 18.9 Å². The zero-order valence-corrected chi connectivity index (χ0v) is 15.1. The Morgan fingerprint density at radius 1 is 1.37 bits per heavy atom. The van der Waals surface area contributed by atoms with E-state index < -0.39 is 18.0 Å². The van der Waals surface area contributed by atoms with E-state index in [1.165, 1.54) is 13.2 Å². The van der Waals surface area contributed by atoms with Crippen LogP contribution in [0.4, 0.5) is 0 Å². The average Bonchev–Trinajstić information content (AvgIpc) is 3.21. The van der Waals surface area contributed by atoms with Crippen LogP contribution < -0.4 is 9.47 Å². The molecule has 9 heteroatoms. The molecule has 1 saturated heterocycles. The third-order valence-electron chi connectivity index (χ3n) is 4.15. The molecule has 0 spiro atoms. The molecule has 0 saturated carbocycles. The van der Waals surface area contributed by atoms with Crippen LogP contribution in [0.25, 0.3) is 11.0 Å². The van der Waals surface area contributed by atoms with Crippen LogP contribution in [-0.2, 0) is 25.6 Å². The number of aromatic nitrogens is 2. The van der Waals surface area contributed by atoms with Crippen molar-refractivity contribution in [3.05, 3.63) is 34.8 Å². The van der Waals surface area contributed by atoms with Gasteiger partial charge in [0.15, 0.2) is 11.8 Å². The van der Waals surface area contributed by atoms with Crippen LogP contribution in [0.15, 0.2) is 18.2 Å². The second-order valence-electron chi connectivity index (χ2n) is 5.89. The Labute approximate surface area is 155 Å². The van der Waals surface area contributed by atoms with Gasteiger partial charge in [0.25, 0.3) is 0 Å². The van der Waals surface area contributed by atoms with E-state index in [1.807, 2.05) is 0 Å². The molecular formula is C18H20N2O7. The number of fused-ring (bicyclic) bond motifs is 1. The lowest BCUT2D eigenvalue weighted by molar-refractivity contribution is -0.581. The van der Waals surface area contributed by atoms with Gasteiger partial charge in [-0.1, -0.05) is 0 Å². The third-order valence-corrected chi connectivity index (χ3v) is 4.15. The molecular weight excluding hydrogens is 356 g/mol. The summed E-state index contributed by atoms with van der Waals surface area (Å²) in [7, 11) is 1.47. The van der Waals surface area contributed by atoms with Crippen LogP contribution in [0.1, 0.15) is 35.9 Å². The van der Waals surface area contributed by atoms with Crippen molar-refractivity contribution in [3.63, 3.8) is 0 Å². The number of hydrogen-bond acceptors (Lipinski definition) is 8. The molecule has 2 heterocycles. The number of carbonyl (C=O) groups is 2. The first kappa shape index (κ1) is 18.8. The van der Waals surface area contributed by atoms with Gasteiger partial charge in [-0.15, -0.1) is 0 Å². The predicted octanol–water partition coefficient (Wildman–Crippen LogP) is 1.28. The van der Waals surface area contributed by atoms with Gasteiger partial charge in [0.1, 0.15) is 17.9 Å². The second kappa shape index (κ2) is 8.17. The maximum absolute atomic E-state index is 12.8. The van der Waals surface area contributed by atoms with Gasteiger partial charge in [-0.25, -0.2) is 14.6 Å². The van der Waals surface area contributed by atoms with Crippen molar-refractivity contribution in [3.8, 4) is 5.75 Å². The topological polar surface area (TPSA) is 111 Å². The molecule has 1 aromatic heterocycles. The molecule has 27 heavy (non-hydrogen) atoms. The van der Waals surface area contributed by atoms with E-state index in [2.05, 4.69) is 4.98 Å². The quantitative estimate of drug-likeness (QED) is 0.421. The minimum atomic E-state index is -0.840. The molecule has 9 nitrogen and oxygen atoms in total. The van der Waals surface area contributed by atoms with Gasteiger partial charge in [0.05, 0.1) is 19.8 Å². The zero-order valence-electron chi connectivity index (χ0n) is 15.1. The van der Waals surface area contributed by atoms with Gasteiger partial charge in [-0.2, -0.15) is 4.73 Å². The van der Waals surface area contributed by atoms with E-state index in [9.17, 15) is 14.8 Å². The van der Waals surface area contributed by atoms with Crippen molar-refractivity contribution in [2.75, 3.05) is 20.3 Å². The number of ether oxygens (including phenoxy) is 4. The number of benzene rings is 1. The summed E-state index contributed by atoms with van der Waals surface area (Å²) in [4.78, 5) is 28.7. The Hall–Kier alpha value is -2.94. The van der Waals surface area contributed by atoms with Crippen LogP contribution in [-0.4, -0.2) is 43.4 Å². The summed E-state index contributed by atoms with van der Waals surface area (Å²) in [5.41, 5.74) is 0.179. The lowest BCUT2D eigenvalue weighted by Gasteiger charge is -2.13. The Kier molecular flexibility index (Phi) is 5.70. The molecule has 3 rings (SSSR count). The molecule has 144 valence electrons. The van der Waals surface area contributed by atoms with Crippen molar-refractivity contribution in [1.29, 1.82) is 0 Å². The fraction of sp³-hybridized carbons (Fsp3) is 0.444. The molecule has 0 amide bonds. The smallest absolute Gasteiger partial charge is 0.407 e. The molecule has 1 aliphatic rings. The fourth-order valence-electron chi connectivity index (χ4n) is 2.82. The average molecular weight is 376 g/mol. The summed E-state index contributed by atoms with van der Waals surface area (Å²) in [6, 6.07) is 4.70. The zero-order chi connectivity index (χ0) is 19.4. The lowest BCUT2D eigenvalue weighted by atomic mass is 10.2. The summed E-state index contributed by atoms with van der Waals surface area (Å²) < 4.78 is 21.0. The van der Waals surface area contributed by atoms with E-state index >= 15 is 0 Å². The number of nitrogens with zero attached hydrogens (tertiary/aromatic N) is 2. The molecule has 2 aromatic rings. The van der Waals surface area contributed by atoms with Gasteiger partial charge >= 0.3 is 17.6 Å². The summed E-state index contributed by atoms with van der Waals surface area (Å²) in [6.45, 7) is 1.88. The summed E-state index contributed by atoms with van der Waals surface area (Å²) in [6.07, 6.45) is 0.737. The van der Waals surface area contributed by atoms with Crippen LogP contribution in [0, 0.1) is 5.21 Å². The number of methoxy groups -OCH3 is 1. The van der Waals surface area contributed by atoms with Gasteiger partial charge in [0.2, 0.25) is 5.52 Å². The standard InChI is InChI=1S/C18H20N2O7/c1-3-25-18(22)16-13(10-27-17(21)15-5-4-8-26-15)19-12-7-6-11(24-2)9-14(12)20(16)23/h6-7,9,15H,3-5,8,10H2,1-2H3/t15-/m0/s1. The van der Waals surface area contributed by atoms with Crippen LogP contribution in [0.3, 0.4) is 0 Å². The highest BCUT2D eigenvalue weighted by Crippen LogP contribution is 2.20. The number of hydrogen-bond donors (Lipinski definition) is 0. The Morgan fingerprint density at radius 2 is 2.19 bits per heavy atom. The molecule has 0 aliphatic carbocycles. The monoisotopic (exact) mass is 376 g/mol. The number of rotatable bonds is 6. The summed E-state index contributed by atoms with van der Waals surface area (Å²) in [5.74, 6) is -0.939. The third kappa shape index (κ3) is 3.92. The van der Waals surface area contributed by atoms with Crippen molar-refractivity contribution < 1.29 is 33.3 Å². The number of carbonyl (C=O) groups excluding carboxylic acids is 2. The maximum Gasteiger partial charge on any atom is 0.407 e. The molecule has 1 aliphatic heterocycles. The van der Waals surface area contributed by atoms with Crippen molar-refractivity contribution in [2.24, 2.45) is 0 Å². The van der Waals surface area contributed by atoms with Crippen molar-refractivity contribution in [1.82, 2.24) is 4.98 Å². The van der Waals surface area contributed by atoms with E-state index in [0.29, 0.717) is 29.0 Å². The Balaban J connectivity index is 1.97. The highest BCUT2D eigenvalue weighted by Gasteiger charge is 2.30. The largest absolute Gasteiger partial charge is 0.618 e. The van der Waals surface area contributed by atoms with Gasteiger partial charge in [-0.3, -0.25) is 0 Å². The van der Waals surface area contributed by atoms with Crippen LogP contribution in [0.5, 0.6) is 5.75 Å². The first-order chi connectivity index (χ1) is 13.0. The van der Waals surface area contributed by atoms with E-state index in [0.717, 1.165) is 6.42 Å². The molecule has 1 atom stereocenters. The first-order valence-electron chi connectivity index (χ1n) is 8.60. The predicted molar refractivity (Wildman–Crippen MR) is 92.0 cm³/mol. The summed E-state index contributed by atoms with van der Waals surface area (Å²) >= 11 is 0. The highest BCUT2D eigenvalue weighted by molar-refractivity contribution is 5.88. The Morgan fingerprint density at radius 3 is 2.85 bits per heavy atom. The minimum Gasteiger partial charge on any atom is -0.618 e. The second-order valence-corrected chi connectivity index (χ2v) is 5.89. The van der Waals surface area contributed by atoms with Crippen molar-refractivity contribution in [2.45, 2.75) is 32.5 Å². The number of esters is 2. The van der Waals surface area contributed by atoms with E-state index in [1.54, 1.807) is 19.1 Å². The van der Waals surface area contributed by atoms with E-state index in [-0.39, 0.29) is 30.1 Å². The van der Waals surface area contributed by atoms with Gasteiger partial charge < -0.3 is 24.2 Å². The fourth-order valence-corrected chi connectivity index (χ4v) is 2.82. The molecule has 1 fully saturated rings. The lowest BCUT2D eigenvalue weighted by Crippen LogP contribution is -2.39. The van der Waals surface area contributed by atoms with Crippen LogP contribution in [0.2, 0.25) is 0 Å². The Bertz CT molecular complexity index is 862.